The maximum Gasteiger partial charge on any atom is 0.471 e. The number of benzene rings is 2. The summed E-state index contributed by atoms with van der Waals surface area (Å²) in [4.78, 5) is 20.6. The number of carbonyl (C=O) groups excluding carboxylic acids is 1. The molecule has 0 bridgehead atoms. The molecular formula is C21H18Cl2F4N4O2. The molecule has 0 saturated carbocycles. The molecular weight excluding hydrogens is 487 g/mol. The first-order chi connectivity index (χ1) is 15.2. The summed E-state index contributed by atoms with van der Waals surface area (Å²) in [6.07, 6.45) is -3.26. The molecule has 1 N–H and O–H groups in total. The highest BCUT2D eigenvalue weighted by atomic mass is 35.5. The van der Waals surface area contributed by atoms with Gasteiger partial charge in [0.15, 0.2) is 0 Å². The second-order valence-electron chi connectivity index (χ2n) is 7.26. The molecule has 1 saturated heterocycles. The number of amides is 1. The predicted octanol–water partition coefficient (Wildman–Crippen LogP) is 5.52. The third-order valence-electron chi connectivity index (χ3n) is 5.06. The van der Waals surface area contributed by atoms with Gasteiger partial charge < -0.3 is 15.0 Å². The van der Waals surface area contributed by atoms with Gasteiger partial charge >= 0.3 is 12.1 Å². The number of nitrogens with one attached hydrogen (secondary N) is 1. The van der Waals surface area contributed by atoms with E-state index in [0.717, 1.165) is 4.90 Å². The number of hydrogen-bond donors (Lipinski definition) is 1. The Bertz CT molecular complexity index is 1150. The first kappa shape index (κ1) is 24.8. The van der Waals surface area contributed by atoms with Gasteiger partial charge in [0.2, 0.25) is 0 Å². The van der Waals surface area contributed by atoms with Gasteiger partial charge in [0, 0.05) is 37.0 Å². The van der Waals surface area contributed by atoms with Gasteiger partial charge in [-0.3, -0.25) is 4.79 Å². The third kappa shape index (κ3) is 5.75. The van der Waals surface area contributed by atoms with Gasteiger partial charge in [0.25, 0.3) is 0 Å². The van der Waals surface area contributed by atoms with Crippen LogP contribution in [0, 0.1) is 5.82 Å². The van der Waals surface area contributed by atoms with Gasteiger partial charge in [0.1, 0.15) is 29.8 Å². The number of piperidine rings is 1. The van der Waals surface area contributed by atoms with E-state index in [-0.39, 0.29) is 49.5 Å². The van der Waals surface area contributed by atoms with E-state index in [9.17, 15) is 22.4 Å². The highest BCUT2D eigenvalue weighted by molar-refractivity contribution is 6.31. The Kier molecular flexibility index (Phi) is 7.48. The maximum absolute atomic E-state index is 13.4. The van der Waals surface area contributed by atoms with Crippen LogP contribution in [0.2, 0.25) is 5.02 Å². The molecule has 3 aromatic rings. The molecule has 6 nitrogen and oxygen atoms in total. The number of aromatic nitrogens is 2. The van der Waals surface area contributed by atoms with E-state index in [4.69, 9.17) is 16.3 Å². The Balaban J connectivity index is 0.00000306. The van der Waals surface area contributed by atoms with Crippen molar-refractivity contribution in [1.82, 2.24) is 14.9 Å². The Labute approximate surface area is 197 Å². The van der Waals surface area contributed by atoms with Crippen LogP contribution in [-0.2, 0) is 4.79 Å². The average Bonchev–Trinajstić information content (AvgIpc) is 2.76. The maximum atomic E-state index is 13.4. The van der Waals surface area contributed by atoms with Crippen LogP contribution in [-0.4, -0.2) is 46.1 Å². The van der Waals surface area contributed by atoms with Crippen LogP contribution in [0.1, 0.15) is 12.8 Å². The zero-order valence-corrected chi connectivity index (χ0v) is 18.5. The van der Waals surface area contributed by atoms with Crippen LogP contribution in [0.4, 0.5) is 29.1 Å². The molecule has 0 aliphatic carbocycles. The van der Waals surface area contributed by atoms with Gasteiger partial charge in [-0.25, -0.2) is 14.4 Å². The van der Waals surface area contributed by atoms with E-state index in [0.29, 0.717) is 28.2 Å². The van der Waals surface area contributed by atoms with Crippen LogP contribution in [0.25, 0.3) is 10.9 Å². The molecule has 4 rings (SSSR count). The SMILES string of the molecule is Cl.O=C(N1CCC(Oc2ccc3ncnc(Nc4ccc(F)c(Cl)c4)c3c2)CC1)C(F)(F)F. The number of halogens is 6. The predicted molar refractivity (Wildman–Crippen MR) is 118 cm³/mol. The molecule has 1 aliphatic rings. The van der Waals surface area contributed by atoms with Crippen molar-refractivity contribution in [3.8, 4) is 5.75 Å². The van der Waals surface area contributed by atoms with Crippen molar-refractivity contribution in [2.24, 2.45) is 0 Å². The summed E-state index contributed by atoms with van der Waals surface area (Å²) in [7, 11) is 0. The fraction of sp³-hybridized carbons (Fsp3) is 0.286. The zero-order chi connectivity index (χ0) is 22.9. The lowest BCUT2D eigenvalue weighted by Gasteiger charge is -2.32. The van der Waals surface area contributed by atoms with Crippen molar-refractivity contribution in [2.45, 2.75) is 25.1 Å². The number of fused-ring (bicyclic) bond motifs is 1. The second kappa shape index (κ2) is 9.96. The molecule has 0 unspecified atom stereocenters. The molecule has 1 fully saturated rings. The minimum atomic E-state index is -4.87. The molecule has 176 valence electrons. The van der Waals surface area contributed by atoms with E-state index in [2.05, 4.69) is 15.3 Å². The molecule has 1 amide bonds. The van der Waals surface area contributed by atoms with Crippen LogP contribution in [0.15, 0.2) is 42.7 Å². The normalized spacial score (nSPS) is 14.6. The number of carbonyl (C=O) groups is 1. The minimum Gasteiger partial charge on any atom is -0.490 e. The smallest absolute Gasteiger partial charge is 0.471 e. The molecule has 1 aliphatic heterocycles. The number of likely N-dealkylation sites (tertiary alicyclic amines) is 1. The van der Waals surface area contributed by atoms with Crippen molar-refractivity contribution < 1.29 is 27.1 Å². The minimum absolute atomic E-state index is 0. The van der Waals surface area contributed by atoms with Crippen LogP contribution in [0.3, 0.4) is 0 Å². The zero-order valence-electron chi connectivity index (χ0n) is 16.9. The van der Waals surface area contributed by atoms with Crippen molar-refractivity contribution in [2.75, 3.05) is 18.4 Å². The van der Waals surface area contributed by atoms with Gasteiger partial charge in [-0.05, 0) is 36.4 Å². The molecule has 0 spiro atoms. The van der Waals surface area contributed by atoms with Gasteiger partial charge in [-0.15, -0.1) is 12.4 Å². The molecule has 0 atom stereocenters. The van der Waals surface area contributed by atoms with Crippen molar-refractivity contribution in [3.05, 3.63) is 53.6 Å². The lowest BCUT2D eigenvalue weighted by Crippen LogP contribution is -2.47. The number of hydrogen-bond acceptors (Lipinski definition) is 5. The Morgan fingerprint density at radius 3 is 2.52 bits per heavy atom. The molecule has 12 heteroatoms. The van der Waals surface area contributed by atoms with E-state index in [1.807, 2.05) is 0 Å². The fourth-order valence-electron chi connectivity index (χ4n) is 3.47. The largest absolute Gasteiger partial charge is 0.490 e. The summed E-state index contributed by atoms with van der Waals surface area (Å²) in [5.74, 6) is -1.42. The van der Waals surface area contributed by atoms with Crippen LogP contribution < -0.4 is 10.1 Å². The lowest BCUT2D eigenvalue weighted by atomic mass is 10.1. The molecule has 0 radical (unpaired) electrons. The average molecular weight is 505 g/mol. The highest BCUT2D eigenvalue weighted by Gasteiger charge is 2.43. The van der Waals surface area contributed by atoms with Gasteiger partial charge in [0.05, 0.1) is 10.5 Å². The van der Waals surface area contributed by atoms with Crippen LogP contribution >= 0.6 is 24.0 Å². The van der Waals surface area contributed by atoms with Crippen molar-refractivity contribution in [3.63, 3.8) is 0 Å². The number of anilines is 2. The van der Waals surface area contributed by atoms with E-state index in [1.54, 1.807) is 18.2 Å². The summed E-state index contributed by atoms with van der Waals surface area (Å²) in [5.41, 5.74) is 1.16. The highest BCUT2D eigenvalue weighted by Crippen LogP contribution is 2.30. The Hall–Kier alpha value is -2.85. The Morgan fingerprint density at radius 2 is 1.85 bits per heavy atom. The molecule has 1 aromatic heterocycles. The third-order valence-corrected chi connectivity index (χ3v) is 5.35. The standard InChI is InChI=1S/C21H17ClF4N4O2.ClH/c22-16-9-12(1-3-17(16)23)29-19-15-10-14(2-4-18(15)27-11-28-19)32-13-5-7-30(8-6-13)20(31)21(24,25)26;/h1-4,9-11,13H,5-8H2,(H,27,28,29);1H. The number of ether oxygens (including phenoxy) is 1. The number of alkyl halides is 3. The van der Waals surface area contributed by atoms with Gasteiger partial charge in [-0.1, -0.05) is 11.6 Å². The van der Waals surface area contributed by atoms with Gasteiger partial charge in [-0.2, -0.15) is 13.2 Å². The monoisotopic (exact) mass is 504 g/mol. The van der Waals surface area contributed by atoms with E-state index >= 15 is 0 Å². The summed E-state index contributed by atoms with van der Waals surface area (Å²) in [6.45, 7) is -0.0599. The summed E-state index contributed by atoms with van der Waals surface area (Å²) < 4.78 is 57.1. The van der Waals surface area contributed by atoms with E-state index < -0.39 is 17.9 Å². The molecule has 2 aromatic carbocycles. The molecule has 2 heterocycles. The topological polar surface area (TPSA) is 67.4 Å². The first-order valence-corrected chi connectivity index (χ1v) is 10.1. The quantitative estimate of drug-likeness (QED) is 0.473. The Morgan fingerprint density at radius 1 is 1.12 bits per heavy atom. The fourth-order valence-corrected chi connectivity index (χ4v) is 3.65. The lowest BCUT2D eigenvalue weighted by molar-refractivity contribution is -0.187. The number of nitrogens with zero attached hydrogens (tertiary/aromatic N) is 3. The second-order valence-corrected chi connectivity index (χ2v) is 7.67. The summed E-state index contributed by atoms with van der Waals surface area (Å²) in [6, 6.07) is 9.35. The van der Waals surface area contributed by atoms with E-state index in [1.165, 1.54) is 24.5 Å². The summed E-state index contributed by atoms with van der Waals surface area (Å²) in [5, 5.41) is 3.67. The van der Waals surface area contributed by atoms with Crippen molar-refractivity contribution >= 4 is 52.3 Å². The molecule has 33 heavy (non-hydrogen) atoms. The summed E-state index contributed by atoms with van der Waals surface area (Å²) >= 11 is 5.83. The van der Waals surface area contributed by atoms with Crippen LogP contribution in [0.5, 0.6) is 5.75 Å². The number of rotatable bonds is 4. The first-order valence-electron chi connectivity index (χ1n) is 9.70. The van der Waals surface area contributed by atoms with Crippen molar-refractivity contribution in [1.29, 1.82) is 0 Å².